The van der Waals surface area contributed by atoms with Gasteiger partial charge in [-0.05, 0) is 6.42 Å². The molecule has 0 aliphatic rings. The van der Waals surface area contributed by atoms with Crippen LogP contribution < -0.4 is 17.0 Å². The van der Waals surface area contributed by atoms with Crippen molar-refractivity contribution in [3.05, 3.63) is 30.6 Å². The molecule has 1 aromatic heterocycles. The molecule has 0 saturated heterocycles. The Hall–Kier alpha value is -0.0405. The Kier molecular flexibility index (Phi) is 22.9. The van der Waals surface area contributed by atoms with Crippen LogP contribution in [0, 0.1) is 0 Å². The second-order valence-corrected chi connectivity index (χ2v) is 6.71. The second kappa shape index (κ2) is 21.0. The number of unbranched alkanes of at least 4 members (excludes halogenated alkanes) is 13. The molecule has 0 spiro atoms. The molecule has 1 aromatic rings. The number of halogens is 1. The molecule has 1 heterocycles. The molecular formula is C21H38ClMnN. The quantitative estimate of drug-likeness (QED) is 0.244. The molecule has 1 rings (SSSR count). The Morgan fingerprint density at radius 1 is 0.542 bits per heavy atom. The Bertz CT molecular complexity index is 332. The number of nitrogens with zero attached hydrogens (tertiary/aromatic N) is 1. The van der Waals surface area contributed by atoms with Crippen LogP contribution in [0.5, 0.6) is 0 Å². The summed E-state index contributed by atoms with van der Waals surface area (Å²) >= 11 is 0. The van der Waals surface area contributed by atoms with Crippen LogP contribution in [-0.2, 0) is 23.6 Å². The maximum absolute atomic E-state index is 2.29. The molecule has 141 valence electrons. The fourth-order valence-corrected chi connectivity index (χ4v) is 3.07. The molecule has 3 heteroatoms. The van der Waals surface area contributed by atoms with Crippen molar-refractivity contribution in [2.24, 2.45) is 0 Å². The van der Waals surface area contributed by atoms with Gasteiger partial charge >= 0.3 is 0 Å². The molecule has 0 N–H and O–H groups in total. The Morgan fingerprint density at radius 2 is 0.917 bits per heavy atom. The van der Waals surface area contributed by atoms with Crippen LogP contribution in [0.25, 0.3) is 0 Å². The van der Waals surface area contributed by atoms with Gasteiger partial charge in [-0.25, -0.2) is 4.57 Å². The Labute approximate surface area is 167 Å². The van der Waals surface area contributed by atoms with Crippen molar-refractivity contribution in [2.75, 3.05) is 0 Å². The van der Waals surface area contributed by atoms with Gasteiger partial charge in [0.2, 0.25) is 0 Å². The minimum Gasteiger partial charge on any atom is -1.00 e. The molecule has 0 unspecified atom stereocenters. The molecule has 0 aliphatic heterocycles. The smallest absolute Gasteiger partial charge is 0.168 e. The number of hydrogen-bond acceptors (Lipinski definition) is 0. The maximum atomic E-state index is 2.29. The summed E-state index contributed by atoms with van der Waals surface area (Å²) in [5, 5.41) is 0. The van der Waals surface area contributed by atoms with Crippen LogP contribution >= 0.6 is 0 Å². The minimum absolute atomic E-state index is 0. The third-order valence-corrected chi connectivity index (χ3v) is 4.55. The molecule has 0 atom stereocenters. The van der Waals surface area contributed by atoms with Crippen molar-refractivity contribution in [1.29, 1.82) is 0 Å². The van der Waals surface area contributed by atoms with Crippen molar-refractivity contribution in [3.8, 4) is 0 Å². The average molecular weight is 395 g/mol. The summed E-state index contributed by atoms with van der Waals surface area (Å²) in [6.07, 6.45) is 24.4. The van der Waals surface area contributed by atoms with Gasteiger partial charge in [0.15, 0.2) is 12.4 Å². The van der Waals surface area contributed by atoms with Crippen LogP contribution in [0.2, 0.25) is 0 Å². The van der Waals surface area contributed by atoms with Gasteiger partial charge < -0.3 is 12.4 Å². The number of aryl methyl sites for hydroxylation is 1. The Balaban J connectivity index is 0. The molecule has 0 aliphatic carbocycles. The van der Waals surface area contributed by atoms with Crippen molar-refractivity contribution in [1.82, 2.24) is 0 Å². The summed E-state index contributed by atoms with van der Waals surface area (Å²) in [5.41, 5.74) is 0. The van der Waals surface area contributed by atoms with E-state index in [4.69, 9.17) is 0 Å². The largest absolute Gasteiger partial charge is 1.00 e. The van der Waals surface area contributed by atoms with Crippen molar-refractivity contribution in [3.63, 3.8) is 0 Å². The van der Waals surface area contributed by atoms with Gasteiger partial charge in [0.25, 0.3) is 0 Å². The van der Waals surface area contributed by atoms with E-state index in [-0.39, 0.29) is 29.5 Å². The van der Waals surface area contributed by atoms with Crippen molar-refractivity contribution < 1.29 is 34.0 Å². The van der Waals surface area contributed by atoms with E-state index in [0.29, 0.717) is 0 Å². The molecule has 0 saturated carbocycles. The number of hydrogen-bond donors (Lipinski definition) is 0. The van der Waals surface area contributed by atoms with Gasteiger partial charge in [0, 0.05) is 35.6 Å². The molecule has 0 bridgehead atoms. The van der Waals surface area contributed by atoms with Crippen LogP contribution in [0.3, 0.4) is 0 Å². The van der Waals surface area contributed by atoms with E-state index in [0.717, 1.165) is 0 Å². The van der Waals surface area contributed by atoms with Gasteiger partial charge in [-0.3, -0.25) is 0 Å². The van der Waals surface area contributed by atoms with E-state index >= 15 is 0 Å². The zero-order chi connectivity index (χ0) is 15.7. The van der Waals surface area contributed by atoms with E-state index in [2.05, 4.69) is 42.1 Å². The van der Waals surface area contributed by atoms with Gasteiger partial charge in [-0.15, -0.1) is 0 Å². The first-order valence-electron chi connectivity index (χ1n) is 9.87. The average Bonchev–Trinajstić information content (AvgIpc) is 2.56. The van der Waals surface area contributed by atoms with Gasteiger partial charge in [0.1, 0.15) is 6.54 Å². The first kappa shape index (κ1) is 26.2. The van der Waals surface area contributed by atoms with E-state index in [1.54, 1.807) is 0 Å². The molecule has 0 amide bonds. The fourth-order valence-electron chi connectivity index (χ4n) is 3.07. The molecule has 1 nitrogen and oxygen atoms in total. The Morgan fingerprint density at radius 3 is 1.33 bits per heavy atom. The summed E-state index contributed by atoms with van der Waals surface area (Å²) in [7, 11) is 0. The van der Waals surface area contributed by atoms with Crippen molar-refractivity contribution in [2.45, 2.75) is 103 Å². The molecular weight excluding hydrogens is 357 g/mol. The summed E-state index contributed by atoms with van der Waals surface area (Å²) in [6, 6.07) is 6.31. The first-order valence-corrected chi connectivity index (χ1v) is 9.87. The second-order valence-electron chi connectivity index (χ2n) is 6.71. The van der Waals surface area contributed by atoms with Crippen molar-refractivity contribution >= 4 is 0 Å². The maximum Gasteiger partial charge on any atom is 0.168 e. The predicted molar refractivity (Wildman–Crippen MR) is 96.9 cm³/mol. The summed E-state index contributed by atoms with van der Waals surface area (Å²) < 4.78 is 2.29. The number of aromatic nitrogens is 1. The standard InChI is InChI=1S/C21H38N.ClH.Mn/c1-2-3-4-5-6-7-8-9-10-11-12-13-14-16-19-22-20-17-15-18-21-22;;/h15,17-18,20-21H,2-14,16,19H2,1H3;1H;/q+1;;/p-1. The van der Waals surface area contributed by atoms with E-state index < -0.39 is 0 Å². The molecule has 0 fully saturated rings. The third-order valence-electron chi connectivity index (χ3n) is 4.55. The zero-order valence-electron chi connectivity index (χ0n) is 15.7. The van der Waals surface area contributed by atoms with E-state index in [1.165, 1.54) is 96.4 Å². The third kappa shape index (κ3) is 16.8. The summed E-state index contributed by atoms with van der Waals surface area (Å²) in [6.45, 7) is 3.47. The number of rotatable bonds is 15. The van der Waals surface area contributed by atoms with Crippen LogP contribution in [-0.4, -0.2) is 0 Å². The topological polar surface area (TPSA) is 3.88 Å². The fraction of sp³-hybridized carbons (Fsp3) is 0.762. The van der Waals surface area contributed by atoms with E-state index in [1.807, 2.05) is 0 Å². The van der Waals surface area contributed by atoms with E-state index in [9.17, 15) is 0 Å². The predicted octanol–water partition coefficient (Wildman–Crippen LogP) is 3.46. The molecule has 24 heavy (non-hydrogen) atoms. The normalized spacial score (nSPS) is 10.0. The monoisotopic (exact) mass is 394 g/mol. The molecule has 1 radical (unpaired) electrons. The van der Waals surface area contributed by atoms with Gasteiger partial charge in [0.05, 0.1) is 0 Å². The van der Waals surface area contributed by atoms with Crippen LogP contribution in [0.15, 0.2) is 30.6 Å². The SMILES string of the molecule is CCCCCCCCCCCCCCCC[n+]1ccccc1.[Cl-].[Mn]. The summed E-state index contributed by atoms with van der Waals surface area (Å²) in [4.78, 5) is 0. The van der Waals surface area contributed by atoms with Gasteiger partial charge in [-0.2, -0.15) is 0 Å². The first-order chi connectivity index (χ1) is 10.9. The van der Waals surface area contributed by atoms with Crippen LogP contribution in [0.1, 0.15) is 96.8 Å². The number of pyridine rings is 1. The zero-order valence-corrected chi connectivity index (χ0v) is 17.6. The van der Waals surface area contributed by atoms with Gasteiger partial charge in [-0.1, -0.05) is 90.0 Å². The van der Waals surface area contributed by atoms with Crippen LogP contribution in [0.4, 0.5) is 0 Å². The minimum atomic E-state index is 0. The molecule has 0 aromatic carbocycles. The summed E-state index contributed by atoms with van der Waals surface area (Å²) in [5.74, 6) is 0.